The van der Waals surface area contributed by atoms with Gasteiger partial charge in [-0.3, -0.25) is 0 Å². The fourth-order valence-corrected chi connectivity index (χ4v) is 2.62. The van der Waals surface area contributed by atoms with Crippen LogP contribution in [-0.4, -0.2) is 20.2 Å². The van der Waals surface area contributed by atoms with Gasteiger partial charge in [-0.05, 0) is 55.6 Å². The van der Waals surface area contributed by atoms with Crippen LogP contribution >= 0.6 is 0 Å². The van der Waals surface area contributed by atoms with E-state index in [1.54, 1.807) is 7.11 Å². The molecule has 0 unspecified atom stereocenters. The predicted molar refractivity (Wildman–Crippen MR) is 86.6 cm³/mol. The molecule has 0 saturated carbocycles. The predicted octanol–water partition coefficient (Wildman–Crippen LogP) is 4.17. The standard InChI is InChI=1S/C18H25NO/c1-3-13-19-14-7-6-10-17-16-9-5-4-8-15(16)11-12-18(17)20-2/h4-5,8-9,11-12,19H,3,6-7,10,13-14H2,1-2H3. The lowest BCUT2D eigenvalue weighted by molar-refractivity contribution is 0.409. The molecular weight excluding hydrogens is 246 g/mol. The lowest BCUT2D eigenvalue weighted by atomic mass is 9.99. The second-order valence-corrected chi connectivity index (χ2v) is 5.17. The molecule has 0 saturated heterocycles. The van der Waals surface area contributed by atoms with Gasteiger partial charge < -0.3 is 10.1 Å². The van der Waals surface area contributed by atoms with Crippen molar-refractivity contribution in [2.45, 2.75) is 32.6 Å². The summed E-state index contributed by atoms with van der Waals surface area (Å²) in [6, 6.07) is 12.8. The highest BCUT2D eigenvalue weighted by molar-refractivity contribution is 5.87. The van der Waals surface area contributed by atoms with Crippen molar-refractivity contribution >= 4 is 10.8 Å². The molecule has 2 heteroatoms. The second kappa shape index (κ2) is 7.91. The molecule has 2 nitrogen and oxygen atoms in total. The Bertz CT molecular complexity index is 536. The number of ether oxygens (including phenoxy) is 1. The minimum atomic E-state index is 1.02. The number of unbranched alkanes of at least 4 members (excludes halogenated alkanes) is 1. The Labute approximate surface area is 122 Å². The van der Waals surface area contributed by atoms with Crippen molar-refractivity contribution in [2.75, 3.05) is 20.2 Å². The van der Waals surface area contributed by atoms with Gasteiger partial charge in [0.05, 0.1) is 7.11 Å². The summed E-state index contributed by atoms with van der Waals surface area (Å²) < 4.78 is 5.53. The number of methoxy groups -OCH3 is 1. The molecule has 2 aromatic carbocycles. The van der Waals surface area contributed by atoms with Crippen LogP contribution in [0.1, 0.15) is 31.7 Å². The van der Waals surface area contributed by atoms with Gasteiger partial charge in [0.1, 0.15) is 5.75 Å². The normalized spacial score (nSPS) is 10.9. The van der Waals surface area contributed by atoms with Crippen LogP contribution in [0.2, 0.25) is 0 Å². The van der Waals surface area contributed by atoms with Crippen molar-refractivity contribution in [1.29, 1.82) is 0 Å². The van der Waals surface area contributed by atoms with E-state index >= 15 is 0 Å². The Morgan fingerprint density at radius 1 is 1.00 bits per heavy atom. The summed E-state index contributed by atoms with van der Waals surface area (Å²) in [6.45, 7) is 4.44. The molecule has 20 heavy (non-hydrogen) atoms. The van der Waals surface area contributed by atoms with E-state index in [9.17, 15) is 0 Å². The van der Waals surface area contributed by atoms with E-state index in [1.807, 2.05) is 0 Å². The van der Waals surface area contributed by atoms with Crippen molar-refractivity contribution in [1.82, 2.24) is 5.32 Å². The first kappa shape index (κ1) is 14.9. The first-order valence-electron chi connectivity index (χ1n) is 7.62. The fourth-order valence-electron chi connectivity index (χ4n) is 2.62. The van der Waals surface area contributed by atoms with Crippen molar-refractivity contribution < 1.29 is 4.74 Å². The van der Waals surface area contributed by atoms with Gasteiger partial charge in [-0.1, -0.05) is 37.3 Å². The highest BCUT2D eigenvalue weighted by atomic mass is 16.5. The van der Waals surface area contributed by atoms with E-state index in [0.717, 1.165) is 25.3 Å². The van der Waals surface area contributed by atoms with E-state index in [1.165, 1.54) is 35.6 Å². The molecule has 0 atom stereocenters. The second-order valence-electron chi connectivity index (χ2n) is 5.17. The Morgan fingerprint density at radius 2 is 1.85 bits per heavy atom. The molecule has 2 aromatic rings. The first-order valence-corrected chi connectivity index (χ1v) is 7.62. The quantitative estimate of drug-likeness (QED) is 0.728. The maximum atomic E-state index is 5.53. The third kappa shape index (κ3) is 3.73. The zero-order chi connectivity index (χ0) is 14.2. The van der Waals surface area contributed by atoms with Crippen LogP contribution in [-0.2, 0) is 6.42 Å². The van der Waals surface area contributed by atoms with Gasteiger partial charge in [-0.25, -0.2) is 0 Å². The largest absolute Gasteiger partial charge is 0.496 e. The molecule has 0 aliphatic heterocycles. The molecule has 2 rings (SSSR count). The van der Waals surface area contributed by atoms with Gasteiger partial charge in [0.25, 0.3) is 0 Å². The third-order valence-corrected chi connectivity index (χ3v) is 3.67. The first-order chi connectivity index (χ1) is 9.86. The van der Waals surface area contributed by atoms with Crippen LogP contribution in [0.15, 0.2) is 36.4 Å². The highest BCUT2D eigenvalue weighted by Gasteiger charge is 2.07. The lowest BCUT2D eigenvalue weighted by Gasteiger charge is -2.12. The summed E-state index contributed by atoms with van der Waals surface area (Å²) in [5, 5.41) is 6.08. The molecule has 0 aliphatic carbocycles. The number of nitrogens with one attached hydrogen (secondary N) is 1. The minimum Gasteiger partial charge on any atom is -0.496 e. The molecule has 0 radical (unpaired) electrons. The van der Waals surface area contributed by atoms with Crippen LogP contribution in [0.4, 0.5) is 0 Å². The molecule has 0 heterocycles. The molecule has 108 valence electrons. The number of fused-ring (bicyclic) bond motifs is 1. The average Bonchev–Trinajstić information content (AvgIpc) is 2.50. The van der Waals surface area contributed by atoms with Crippen molar-refractivity contribution in [3.63, 3.8) is 0 Å². The lowest BCUT2D eigenvalue weighted by Crippen LogP contribution is -2.15. The SMILES string of the molecule is CCCNCCCCc1c(OC)ccc2ccccc12. The topological polar surface area (TPSA) is 21.3 Å². The fraction of sp³-hybridized carbons (Fsp3) is 0.444. The Hall–Kier alpha value is -1.54. The van der Waals surface area contributed by atoms with E-state index in [-0.39, 0.29) is 0 Å². The summed E-state index contributed by atoms with van der Waals surface area (Å²) >= 11 is 0. The van der Waals surface area contributed by atoms with E-state index in [0.29, 0.717) is 0 Å². The van der Waals surface area contributed by atoms with Crippen LogP contribution in [0.5, 0.6) is 5.75 Å². The van der Waals surface area contributed by atoms with Crippen LogP contribution in [0.3, 0.4) is 0 Å². The summed E-state index contributed by atoms with van der Waals surface area (Å²) in [5.74, 6) is 1.02. The van der Waals surface area contributed by atoms with E-state index in [4.69, 9.17) is 4.74 Å². The van der Waals surface area contributed by atoms with Gasteiger partial charge in [0.15, 0.2) is 0 Å². The number of benzene rings is 2. The highest BCUT2D eigenvalue weighted by Crippen LogP contribution is 2.29. The zero-order valence-electron chi connectivity index (χ0n) is 12.6. The van der Waals surface area contributed by atoms with Gasteiger partial charge in [0, 0.05) is 5.56 Å². The third-order valence-electron chi connectivity index (χ3n) is 3.67. The van der Waals surface area contributed by atoms with Crippen LogP contribution in [0, 0.1) is 0 Å². The van der Waals surface area contributed by atoms with Crippen LogP contribution in [0.25, 0.3) is 10.8 Å². The van der Waals surface area contributed by atoms with E-state index < -0.39 is 0 Å². The maximum Gasteiger partial charge on any atom is 0.122 e. The number of aryl methyl sites for hydroxylation is 1. The van der Waals surface area contributed by atoms with Gasteiger partial charge in [0.2, 0.25) is 0 Å². The van der Waals surface area contributed by atoms with Crippen LogP contribution < -0.4 is 10.1 Å². The molecule has 1 N–H and O–H groups in total. The molecule has 0 aliphatic rings. The van der Waals surface area contributed by atoms with Gasteiger partial charge in [-0.2, -0.15) is 0 Å². The molecule has 0 spiro atoms. The average molecular weight is 271 g/mol. The van der Waals surface area contributed by atoms with Crippen molar-refractivity contribution in [2.24, 2.45) is 0 Å². The van der Waals surface area contributed by atoms with E-state index in [2.05, 4.69) is 48.6 Å². The Balaban J connectivity index is 2.03. The summed E-state index contributed by atoms with van der Waals surface area (Å²) in [5.41, 5.74) is 1.35. The number of rotatable bonds is 8. The monoisotopic (exact) mass is 271 g/mol. The molecule has 0 bridgehead atoms. The summed E-state index contributed by atoms with van der Waals surface area (Å²) in [7, 11) is 1.76. The zero-order valence-corrected chi connectivity index (χ0v) is 12.6. The smallest absolute Gasteiger partial charge is 0.122 e. The Morgan fingerprint density at radius 3 is 2.65 bits per heavy atom. The molecular formula is C18H25NO. The summed E-state index contributed by atoms with van der Waals surface area (Å²) in [4.78, 5) is 0. The van der Waals surface area contributed by atoms with Gasteiger partial charge in [-0.15, -0.1) is 0 Å². The van der Waals surface area contributed by atoms with Crippen molar-refractivity contribution in [3.05, 3.63) is 42.0 Å². The Kier molecular flexibility index (Phi) is 5.87. The van der Waals surface area contributed by atoms with Crippen molar-refractivity contribution in [3.8, 4) is 5.75 Å². The molecule has 0 aromatic heterocycles. The maximum absolute atomic E-state index is 5.53. The van der Waals surface area contributed by atoms with Gasteiger partial charge >= 0.3 is 0 Å². The molecule has 0 amide bonds. The summed E-state index contributed by atoms with van der Waals surface area (Å²) in [6.07, 6.45) is 4.70. The molecule has 0 fully saturated rings. The number of hydrogen-bond donors (Lipinski definition) is 1. The minimum absolute atomic E-state index is 1.02. The number of hydrogen-bond acceptors (Lipinski definition) is 2.